The molecule has 0 amide bonds. The van der Waals surface area contributed by atoms with Gasteiger partial charge in [0, 0.05) is 24.7 Å². The van der Waals surface area contributed by atoms with E-state index in [0.29, 0.717) is 37.0 Å². The van der Waals surface area contributed by atoms with Crippen molar-refractivity contribution >= 4 is 23.5 Å². The second kappa shape index (κ2) is 10.7. The predicted octanol–water partition coefficient (Wildman–Crippen LogP) is 4.52. The van der Waals surface area contributed by atoms with Crippen molar-refractivity contribution in [3.63, 3.8) is 0 Å². The van der Waals surface area contributed by atoms with Gasteiger partial charge >= 0.3 is 5.97 Å². The van der Waals surface area contributed by atoms with Crippen LogP contribution in [0.2, 0.25) is 0 Å². The minimum atomic E-state index is -1.62. The fraction of sp³-hybridized carbons (Fsp3) is 0.862. The van der Waals surface area contributed by atoms with Crippen molar-refractivity contribution in [2.24, 2.45) is 46.3 Å². The zero-order chi connectivity index (χ0) is 26.1. The second-order valence-electron chi connectivity index (χ2n) is 12.7. The lowest BCUT2D eigenvalue weighted by Gasteiger charge is -2.54. The summed E-state index contributed by atoms with van der Waals surface area (Å²) in [6.45, 7) is 12.3. The summed E-state index contributed by atoms with van der Waals surface area (Å²) >= 11 is 0. The van der Waals surface area contributed by atoms with E-state index in [4.69, 9.17) is 4.74 Å². The van der Waals surface area contributed by atoms with Gasteiger partial charge in [0.1, 0.15) is 17.9 Å². The molecule has 6 heteroatoms. The molecular weight excluding hydrogens is 444 g/mol. The molecule has 3 aliphatic rings. The summed E-state index contributed by atoms with van der Waals surface area (Å²) in [4.78, 5) is 49.9. The maximum atomic E-state index is 13.4. The Balaban J connectivity index is 1.84. The molecule has 3 saturated carbocycles. The molecule has 3 aliphatic carbocycles. The molecule has 0 saturated heterocycles. The second-order valence-corrected chi connectivity index (χ2v) is 12.7. The number of aliphatic carboxylic acids is 1. The molecule has 8 atom stereocenters. The van der Waals surface area contributed by atoms with E-state index >= 15 is 0 Å². The Hall–Kier alpha value is -1.72. The Kier molecular flexibility index (Phi) is 8.53. The van der Waals surface area contributed by atoms with Crippen molar-refractivity contribution in [2.75, 3.05) is 0 Å². The Bertz CT molecular complexity index is 833. The number of ether oxygens (including phenoxy) is 1. The van der Waals surface area contributed by atoms with Gasteiger partial charge in [0.05, 0.1) is 0 Å². The number of Topliss-reactive ketones (excluding diaryl/α,β-unsaturated/α-hetero) is 2. The van der Waals surface area contributed by atoms with Crippen molar-refractivity contribution in [2.45, 2.75) is 112 Å². The van der Waals surface area contributed by atoms with E-state index < -0.39 is 35.2 Å². The SMILES string of the molecule is CC(=O)O[C@H]1CC[C@](C)([C@H]2CC[C@]3(C)[C@@H]([C@H](C)CCCC(C)C)CC[C@H]3[C@@H]2C(=O)C(=O)[O-])C(=O)C1. The maximum Gasteiger partial charge on any atom is 0.302 e. The summed E-state index contributed by atoms with van der Waals surface area (Å²) in [5, 5.41) is 11.9. The summed E-state index contributed by atoms with van der Waals surface area (Å²) in [6.07, 6.45) is 7.74. The van der Waals surface area contributed by atoms with Crippen LogP contribution >= 0.6 is 0 Å². The summed E-state index contributed by atoms with van der Waals surface area (Å²) in [6, 6.07) is 0. The highest BCUT2D eigenvalue weighted by Gasteiger charge is 2.61. The van der Waals surface area contributed by atoms with Crippen molar-refractivity contribution in [3.05, 3.63) is 0 Å². The Morgan fingerprint density at radius 2 is 1.69 bits per heavy atom. The molecule has 0 aromatic rings. The van der Waals surface area contributed by atoms with Crippen LogP contribution in [0, 0.1) is 46.3 Å². The lowest BCUT2D eigenvalue weighted by atomic mass is 9.49. The first-order valence-corrected chi connectivity index (χ1v) is 13.8. The molecule has 3 fully saturated rings. The van der Waals surface area contributed by atoms with Crippen LogP contribution in [0.4, 0.5) is 0 Å². The summed E-state index contributed by atoms with van der Waals surface area (Å²) in [7, 11) is 0. The number of carboxylic acids is 1. The zero-order valence-electron chi connectivity index (χ0n) is 22.6. The molecule has 0 aromatic heterocycles. The summed E-state index contributed by atoms with van der Waals surface area (Å²) in [5.74, 6) is -2.24. The van der Waals surface area contributed by atoms with Crippen molar-refractivity contribution in [3.8, 4) is 0 Å². The van der Waals surface area contributed by atoms with Crippen molar-refractivity contribution in [1.82, 2.24) is 0 Å². The Morgan fingerprint density at radius 1 is 1.00 bits per heavy atom. The van der Waals surface area contributed by atoms with E-state index in [-0.39, 0.29) is 29.5 Å². The van der Waals surface area contributed by atoms with Crippen LogP contribution in [0.3, 0.4) is 0 Å². The smallest absolute Gasteiger partial charge is 0.302 e. The van der Waals surface area contributed by atoms with E-state index in [1.54, 1.807) is 0 Å². The average Bonchev–Trinajstić information content (AvgIpc) is 3.11. The third-order valence-electron chi connectivity index (χ3n) is 10.2. The first kappa shape index (κ1) is 27.9. The summed E-state index contributed by atoms with van der Waals surface area (Å²) in [5.41, 5.74) is -0.882. The molecule has 0 heterocycles. The molecule has 35 heavy (non-hydrogen) atoms. The first-order chi connectivity index (χ1) is 16.3. The van der Waals surface area contributed by atoms with Crippen LogP contribution in [0.25, 0.3) is 0 Å². The van der Waals surface area contributed by atoms with Gasteiger partial charge in [-0.25, -0.2) is 0 Å². The van der Waals surface area contributed by atoms with Gasteiger partial charge in [-0.05, 0) is 73.5 Å². The molecule has 0 aliphatic heterocycles. The Labute approximate surface area is 210 Å². The van der Waals surface area contributed by atoms with E-state index in [9.17, 15) is 24.3 Å². The molecule has 0 radical (unpaired) electrons. The van der Waals surface area contributed by atoms with E-state index in [1.807, 2.05) is 6.92 Å². The predicted molar refractivity (Wildman–Crippen MR) is 131 cm³/mol. The third-order valence-corrected chi connectivity index (χ3v) is 10.2. The number of hydrogen-bond acceptors (Lipinski definition) is 6. The third kappa shape index (κ3) is 5.51. The van der Waals surface area contributed by atoms with Gasteiger partial charge in [-0.3, -0.25) is 14.4 Å². The van der Waals surface area contributed by atoms with E-state index in [2.05, 4.69) is 27.7 Å². The number of carboxylic acid groups (broad SMARTS) is 1. The molecule has 3 rings (SSSR count). The van der Waals surface area contributed by atoms with Crippen LogP contribution in [0.15, 0.2) is 0 Å². The topological polar surface area (TPSA) is 101 Å². The largest absolute Gasteiger partial charge is 0.542 e. The molecule has 0 aromatic carbocycles. The number of carbonyl (C=O) groups excluding carboxylic acids is 4. The molecule has 198 valence electrons. The Morgan fingerprint density at radius 3 is 2.26 bits per heavy atom. The van der Waals surface area contributed by atoms with Crippen LogP contribution in [0.1, 0.15) is 106 Å². The van der Waals surface area contributed by atoms with Gasteiger partial charge in [-0.2, -0.15) is 0 Å². The van der Waals surface area contributed by atoms with E-state index in [0.717, 1.165) is 25.7 Å². The van der Waals surface area contributed by atoms with Gasteiger partial charge in [0.25, 0.3) is 0 Å². The fourth-order valence-electron chi connectivity index (χ4n) is 8.25. The molecule has 0 bridgehead atoms. The lowest BCUT2D eigenvalue weighted by Crippen LogP contribution is -2.56. The number of hydrogen-bond donors (Lipinski definition) is 0. The van der Waals surface area contributed by atoms with E-state index in [1.165, 1.54) is 19.8 Å². The minimum absolute atomic E-state index is 0.0173. The van der Waals surface area contributed by atoms with Gasteiger partial charge in [-0.15, -0.1) is 0 Å². The zero-order valence-corrected chi connectivity index (χ0v) is 22.6. The molecule has 0 spiro atoms. The normalized spacial score (nSPS) is 38.1. The van der Waals surface area contributed by atoms with Gasteiger partial charge in [0.2, 0.25) is 0 Å². The van der Waals surface area contributed by atoms with Crippen LogP contribution in [-0.4, -0.2) is 29.6 Å². The highest BCUT2D eigenvalue weighted by Crippen LogP contribution is 2.64. The highest BCUT2D eigenvalue weighted by atomic mass is 16.5. The highest BCUT2D eigenvalue weighted by molar-refractivity contribution is 6.32. The lowest BCUT2D eigenvalue weighted by molar-refractivity contribution is -0.301. The van der Waals surface area contributed by atoms with Crippen LogP contribution in [-0.2, 0) is 23.9 Å². The van der Waals surface area contributed by atoms with Crippen molar-refractivity contribution in [1.29, 1.82) is 0 Å². The number of carbonyl (C=O) groups is 4. The number of esters is 1. The molecular formula is C29H45O6-. The number of fused-ring (bicyclic) bond motifs is 1. The summed E-state index contributed by atoms with van der Waals surface area (Å²) < 4.78 is 5.30. The van der Waals surface area contributed by atoms with Gasteiger partial charge in [-0.1, -0.05) is 53.9 Å². The number of rotatable bonds is 9. The minimum Gasteiger partial charge on any atom is -0.542 e. The maximum absolute atomic E-state index is 13.4. The molecule has 0 unspecified atom stereocenters. The molecule has 6 nitrogen and oxygen atoms in total. The van der Waals surface area contributed by atoms with Crippen LogP contribution in [0.5, 0.6) is 0 Å². The monoisotopic (exact) mass is 489 g/mol. The van der Waals surface area contributed by atoms with Crippen LogP contribution < -0.4 is 5.11 Å². The number of ketones is 2. The molecule has 0 N–H and O–H groups in total. The standard InChI is InChI=1S/C29H46O6/c1-17(2)8-7-9-18(3)21-10-11-22-25(26(32)27(33)34)23(13-15-28(21,22)5)29(6)14-12-20(16-24(29)31)35-19(4)30/h17-18,20-23,25H,7-16H2,1-6H3,(H,33,34)/p-1/t18-,20+,21-,22+,23+,25+,28-,29-/m1/s1. The van der Waals surface area contributed by atoms with Crippen molar-refractivity contribution < 1.29 is 29.0 Å². The fourth-order valence-corrected chi connectivity index (χ4v) is 8.25. The first-order valence-electron chi connectivity index (χ1n) is 13.8. The quantitative estimate of drug-likeness (QED) is 0.349. The van der Waals surface area contributed by atoms with Gasteiger partial charge < -0.3 is 14.6 Å². The average molecular weight is 490 g/mol. The van der Waals surface area contributed by atoms with Gasteiger partial charge in [0.15, 0.2) is 5.78 Å².